The van der Waals surface area contributed by atoms with Crippen molar-refractivity contribution >= 4 is 6.29 Å². The van der Waals surface area contributed by atoms with Crippen molar-refractivity contribution in [3.63, 3.8) is 0 Å². The molecule has 2 heteroatoms. The molecule has 2 rings (SSSR count). The highest BCUT2D eigenvalue weighted by Crippen LogP contribution is 2.40. The number of benzene rings is 1. The van der Waals surface area contributed by atoms with Gasteiger partial charge in [0.1, 0.15) is 5.82 Å². The van der Waals surface area contributed by atoms with E-state index in [-0.39, 0.29) is 11.4 Å². The molecule has 0 spiro atoms. The van der Waals surface area contributed by atoms with E-state index in [1.807, 2.05) is 6.07 Å². The van der Waals surface area contributed by atoms with Gasteiger partial charge in [-0.3, -0.25) is 4.79 Å². The normalized spacial score (nSPS) is 15.8. The molecule has 1 aromatic carbocycles. The number of rotatable bonds is 2. The quantitative estimate of drug-likeness (QED) is 0.636. The van der Waals surface area contributed by atoms with Crippen molar-refractivity contribution < 1.29 is 9.18 Å². The molecule has 0 N–H and O–H groups in total. The Labute approximate surface area is 76.6 Å². The van der Waals surface area contributed by atoms with Gasteiger partial charge in [-0.05, 0) is 42.9 Å². The van der Waals surface area contributed by atoms with Crippen LogP contribution in [0.5, 0.6) is 0 Å². The van der Waals surface area contributed by atoms with Crippen molar-refractivity contribution in [2.45, 2.75) is 25.7 Å². The summed E-state index contributed by atoms with van der Waals surface area (Å²) in [7, 11) is 0. The summed E-state index contributed by atoms with van der Waals surface area (Å²) in [5.74, 6) is 0.192. The lowest BCUT2D eigenvalue weighted by atomic mass is 10.0. The number of hydrogen-bond donors (Lipinski definition) is 0. The average Bonchev–Trinajstić information content (AvgIpc) is 2.92. The van der Waals surface area contributed by atoms with Gasteiger partial charge in [-0.1, -0.05) is 6.07 Å². The maximum atomic E-state index is 13.2. The summed E-state index contributed by atoms with van der Waals surface area (Å²) in [6.45, 7) is 1.70. The number of aryl methyl sites for hydroxylation is 1. The van der Waals surface area contributed by atoms with Crippen LogP contribution < -0.4 is 0 Å². The van der Waals surface area contributed by atoms with Crippen molar-refractivity contribution in [2.24, 2.45) is 0 Å². The van der Waals surface area contributed by atoms with E-state index in [0.29, 0.717) is 17.8 Å². The minimum Gasteiger partial charge on any atom is -0.298 e. The highest BCUT2D eigenvalue weighted by molar-refractivity contribution is 5.76. The molecule has 1 aromatic rings. The van der Waals surface area contributed by atoms with Crippen LogP contribution in [0.2, 0.25) is 0 Å². The molecule has 1 nitrogen and oxygen atoms in total. The second-order valence-corrected chi connectivity index (χ2v) is 3.63. The third kappa shape index (κ3) is 1.48. The lowest BCUT2D eigenvalue weighted by Crippen LogP contribution is -1.94. The van der Waals surface area contributed by atoms with Gasteiger partial charge in [0.25, 0.3) is 0 Å². The van der Waals surface area contributed by atoms with Crippen LogP contribution in [0.1, 0.15) is 40.2 Å². The Balaban J connectivity index is 2.49. The van der Waals surface area contributed by atoms with Crippen LogP contribution in [0.3, 0.4) is 0 Å². The van der Waals surface area contributed by atoms with Gasteiger partial charge in [0.2, 0.25) is 0 Å². The maximum absolute atomic E-state index is 13.2. The molecule has 0 saturated heterocycles. The zero-order valence-corrected chi connectivity index (χ0v) is 7.51. The van der Waals surface area contributed by atoms with E-state index >= 15 is 0 Å². The second kappa shape index (κ2) is 2.95. The molecule has 13 heavy (non-hydrogen) atoms. The fourth-order valence-corrected chi connectivity index (χ4v) is 1.56. The molecule has 0 atom stereocenters. The summed E-state index contributed by atoms with van der Waals surface area (Å²) in [5.41, 5.74) is 1.88. The zero-order valence-electron chi connectivity index (χ0n) is 7.51. The minimum absolute atomic E-state index is 0.196. The van der Waals surface area contributed by atoms with Crippen molar-refractivity contribution in [2.75, 3.05) is 0 Å². The summed E-state index contributed by atoms with van der Waals surface area (Å²) >= 11 is 0. The van der Waals surface area contributed by atoms with E-state index in [4.69, 9.17) is 0 Å². The molecule has 0 aromatic heterocycles. The molecule has 0 radical (unpaired) electrons. The van der Waals surface area contributed by atoms with E-state index in [9.17, 15) is 9.18 Å². The third-order valence-electron chi connectivity index (χ3n) is 2.48. The van der Waals surface area contributed by atoms with E-state index in [2.05, 4.69) is 0 Å². The molecule has 1 aliphatic carbocycles. The molecule has 0 bridgehead atoms. The van der Waals surface area contributed by atoms with Crippen LogP contribution in [-0.4, -0.2) is 6.29 Å². The van der Waals surface area contributed by atoms with Crippen molar-refractivity contribution in [1.29, 1.82) is 0 Å². The average molecular weight is 178 g/mol. The Kier molecular flexibility index (Phi) is 1.91. The van der Waals surface area contributed by atoms with E-state index in [1.165, 1.54) is 12.8 Å². The molecule has 1 aliphatic rings. The SMILES string of the molecule is Cc1cc(C2CC2)cc(C=O)c1F. The van der Waals surface area contributed by atoms with Crippen LogP contribution in [-0.2, 0) is 0 Å². The first-order valence-corrected chi connectivity index (χ1v) is 4.47. The topological polar surface area (TPSA) is 17.1 Å². The number of aldehydes is 1. The van der Waals surface area contributed by atoms with Gasteiger partial charge in [0.15, 0.2) is 6.29 Å². The predicted molar refractivity (Wildman–Crippen MR) is 48.5 cm³/mol. The monoisotopic (exact) mass is 178 g/mol. The van der Waals surface area contributed by atoms with Crippen LogP contribution in [0.25, 0.3) is 0 Å². The molecule has 0 amide bonds. The van der Waals surface area contributed by atoms with Gasteiger partial charge in [0, 0.05) is 0 Å². The fraction of sp³-hybridized carbons (Fsp3) is 0.364. The highest BCUT2D eigenvalue weighted by Gasteiger charge is 2.24. The van der Waals surface area contributed by atoms with Crippen molar-refractivity contribution in [1.82, 2.24) is 0 Å². The fourth-order valence-electron chi connectivity index (χ4n) is 1.56. The molecule has 68 valence electrons. The summed E-state index contributed by atoms with van der Waals surface area (Å²) in [6, 6.07) is 3.52. The van der Waals surface area contributed by atoms with Gasteiger partial charge in [-0.15, -0.1) is 0 Å². The Morgan fingerprint density at radius 1 is 1.46 bits per heavy atom. The van der Waals surface area contributed by atoms with E-state index in [0.717, 1.165) is 5.56 Å². The lowest BCUT2D eigenvalue weighted by Gasteiger charge is -2.04. The highest BCUT2D eigenvalue weighted by atomic mass is 19.1. The first-order chi connectivity index (χ1) is 6.22. The summed E-state index contributed by atoms with van der Waals surface area (Å²) in [5, 5.41) is 0. The van der Waals surface area contributed by atoms with Gasteiger partial charge < -0.3 is 0 Å². The second-order valence-electron chi connectivity index (χ2n) is 3.63. The molecule has 0 unspecified atom stereocenters. The molecule has 1 fully saturated rings. The van der Waals surface area contributed by atoms with Gasteiger partial charge in [-0.25, -0.2) is 4.39 Å². The standard InChI is InChI=1S/C11H11FO/c1-7-4-9(8-2-3-8)5-10(6-13)11(7)12/h4-6,8H,2-3H2,1H3. The third-order valence-corrected chi connectivity index (χ3v) is 2.48. The Hall–Kier alpha value is -1.18. The Bertz CT molecular complexity index is 353. The Morgan fingerprint density at radius 2 is 2.15 bits per heavy atom. The van der Waals surface area contributed by atoms with Crippen LogP contribution in [0.4, 0.5) is 4.39 Å². The van der Waals surface area contributed by atoms with Gasteiger partial charge in [-0.2, -0.15) is 0 Å². The molecular weight excluding hydrogens is 167 g/mol. The molecule has 1 saturated carbocycles. The number of carbonyl (C=O) groups is 1. The first-order valence-electron chi connectivity index (χ1n) is 4.47. The van der Waals surface area contributed by atoms with Gasteiger partial charge in [0.05, 0.1) is 5.56 Å². The summed E-state index contributed by atoms with van der Waals surface area (Å²) in [6.07, 6.45) is 2.93. The number of hydrogen-bond acceptors (Lipinski definition) is 1. The molecule has 0 aliphatic heterocycles. The molecular formula is C11H11FO. The minimum atomic E-state index is -0.376. The zero-order chi connectivity index (χ0) is 9.42. The van der Waals surface area contributed by atoms with Gasteiger partial charge >= 0.3 is 0 Å². The molecule has 0 heterocycles. The number of halogens is 1. The number of carbonyl (C=O) groups excluding carboxylic acids is 1. The van der Waals surface area contributed by atoms with Crippen molar-refractivity contribution in [3.05, 3.63) is 34.6 Å². The smallest absolute Gasteiger partial charge is 0.153 e. The largest absolute Gasteiger partial charge is 0.298 e. The van der Waals surface area contributed by atoms with Crippen LogP contribution in [0, 0.1) is 12.7 Å². The van der Waals surface area contributed by atoms with E-state index in [1.54, 1.807) is 13.0 Å². The first kappa shape index (κ1) is 8.42. The van der Waals surface area contributed by atoms with E-state index < -0.39 is 0 Å². The maximum Gasteiger partial charge on any atom is 0.153 e. The Morgan fingerprint density at radius 3 is 2.69 bits per heavy atom. The van der Waals surface area contributed by atoms with Crippen molar-refractivity contribution in [3.8, 4) is 0 Å². The van der Waals surface area contributed by atoms with Crippen LogP contribution >= 0.6 is 0 Å². The lowest BCUT2D eigenvalue weighted by molar-refractivity contribution is 0.111. The van der Waals surface area contributed by atoms with Crippen LogP contribution in [0.15, 0.2) is 12.1 Å². The summed E-state index contributed by atoms with van der Waals surface area (Å²) < 4.78 is 13.2. The summed E-state index contributed by atoms with van der Waals surface area (Å²) in [4.78, 5) is 10.5. The predicted octanol–water partition coefficient (Wildman–Crippen LogP) is 2.82.